The second kappa shape index (κ2) is 12.3. The number of nitrogens with zero attached hydrogens (tertiary/aromatic N) is 3. The lowest BCUT2D eigenvalue weighted by Crippen LogP contribution is -2.73. The van der Waals surface area contributed by atoms with Crippen LogP contribution in [0.1, 0.15) is 110 Å². The lowest BCUT2D eigenvalue weighted by Gasteiger charge is -2.53. The van der Waals surface area contributed by atoms with Gasteiger partial charge in [-0.1, -0.05) is 57.6 Å². The number of carboxylic acid groups (broad SMARTS) is 1. The summed E-state index contributed by atoms with van der Waals surface area (Å²) in [7, 11) is 0. The Morgan fingerprint density at radius 3 is 2.37 bits per heavy atom. The SMILES string of the molecule is CCCCN1C(=O)[C@H](CC2CCCCC2)NC(=O)C12CCN(C(c1ccc(C(=O)O)cc1)c1c(C)n[nH]c1C)CC2. The smallest absolute Gasteiger partial charge is 0.335 e. The highest BCUT2D eigenvalue weighted by molar-refractivity contribution is 6.00. The van der Waals surface area contributed by atoms with E-state index in [4.69, 9.17) is 0 Å². The first kappa shape index (κ1) is 29.3. The fourth-order valence-electron chi connectivity index (χ4n) is 7.41. The number of hydrogen-bond acceptors (Lipinski definition) is 5. The van der Waals surface area contributed by atoms with Crippen molar-refractivity contribution in [2.24, 2.45) is 5.92 Å². The van der Waals surface area contributed by atoms with Gasteiger partial charge >= 0.3 is 5.97 Å². The molecule has 1 aliphatic carbocycles. The van der Waals surface area contributed by atoms with Crippen molar-refractivity contribution < 1.29 is 19.5 Å². The maximum atomic E-state index is 14.0. The van der Waals surface area contributed by atoms with Crippen LogP contribution in [-0.2, 0) is 9.59 Å². The number of aromatic carboxylic acids is 1. The highest BCUT2D eigenvalue weighted by Crippen LogP contribution is 2.40. The van der Waals surface area contributed by atoms with Crippen LogP contribution >= 0.6 is 0 Å². The van der Waals surface area contributed by atoms with Crippen molar-refractivity contribution >= 4 is 17.8 Å². The fourth-order valence-corrected chi connectivity index (χ4v) is 7.41. The van der Waals surface area contributed by atoms with E-state index in [2.05, 4.69) is 27.3 Å². The average molecular weight is 564 g/mol. The molecule has 0 bridgehead atoms. The van der Waals surface area contributed by atoms with E-state index in [1.807, 2.05) is 30.9 Å². The first-order valence-corrected chi connectivity index (χ1v) is 15.5. The molecule has 3 heterocycles. The zero-order valence-electron chi connectivity index (χ0n) is 24.7. The van der Waals surface area contributed by atoms with Crippen LogP contribution in [-0.4, -0.2) is 74.1 Å². The van der Waals surface area contributed by atoms with Crippen LogP contribution in [0.2, 0.25) is 0 Å². The number of amides is 2. The third-order valence-electron chi connectivity index (χ3n) is 9.76. The zero-order valence-corrected chi connectivity index (χ0v) is 24.7. The summed E-state index contributed by atoms with van der Waals surface area (Å²) in [5.74, 6) is -0.339. The number of hydrogen-bond donors (Lipinski definition) is 3. The van der Waals surface area contributed by atoms with Gasteiger partial charge in [0.25, 0.3) is 0 Å². The highest BCUT2D eigenvalue weighted by Gasteiger charge is 2.54. The molecular formula is C32H45N5O4. The number of unbranched alkanes of at least 4 members (excludes halogenated alkanes) is 1. The van der Waals surface area contributed by atoms with E-state index in [-0.39, 0.29) is 23.4 Å². The van der Waals surface area contributed by atoms with Gasteiger partial charge in [-0.2, -0.15) is 5.10 Å². The Kier molecular flexibility index (Phi) is 8.82. The lowest BCUT2D eigenvalue weighted by atomic mass is 9.78. The van der Waals surface area contributed by atoms with Crippen LogP contribution in [0.4, 0.5) is 0 Å². The molecule has 222 valence electrons. The van der Waals surface area contributed by atoms with Gasteiger partial charge < -0.3 is 15.3 Å². The summed E-state index contributed by atoms with van der Waals surface area (Å²) < 4.78 is 0. The summed E-state index contributed by atoms with van der Waals surface area (Å²) >= 11 is 0. The second-order valence-corrected chi connectivity index (χ2v) is 12.4. The van der Waals surface area contributed by atoms with Crippen molar-refractivity contribution in [2.75, 3.05) is 19.6 Å². The van der Waals surface area contributed by atoms with E-state index in [9.17, 15) is 19.5 Å². The number of piperazine rings is 1. The maximum absolute atomic E-state index is 14.0. The van der Waals surface area contributed by atoms with Gasteiger partial charge in [0, 0.05) is 30.9 Å². The minimum absolute atomic E-state index is 0.00620. The molecule has 1 spiro atoms. The number of carbonyl (C=O) groups excluding carboxylic acids is 2. The van der Waals surface area contributed by atoms with E-state index in [0.29, 0.717) is 38.4 Å². The Balaban J connectivity index is 1.40. The number of carboxylic acids is 1. The van der Waals surface area contributed by atoms with Crippen molar-refractivity contribution in [3.8, 4) is 0 Å². The number of rotatable bonds is 9. The number of H-pyrrole nitrogens is 1. The number of benzene rings is 1. The molecule has 5 rings (SSSR count). The molecule has 2 atom stereocenters. The van der Waals surface area contributed by atoms with Gasteiger partial charge in [-0.3, -0.25) is 19.6 Å². The van der Waals surface area contributed by atoms with Gasteiger partial charge in [0.15, 0.2) is 0 Å². The van der Waals surface area contributed by atoms with E-state index in [1.165, 1.54) is 19.3 Å². The summed E-state index contributed by atoms with van der Waals surface area (Å²) in [6.07, 6.45) is 9.72. The van der Waals surface area contributed by atoms with E-state index in [1.54, 1.807) is 12.1 Å². The molecule has 1 aromatic carbocycles. The minimum atomic E-state index is -0.953. The summed E-state index contributed by atoms with van der Waals surface area (Å²) in [6.45, 7) is 7.99. The molecule has 3 aliphatic rings. The van der Waals surface area contributed by atoms with Crippen LogP contribution < -0.4 is 5.32 Å². The second-order valence-electron chi connectivity index (χ2n) is 12.4. The van der Waals surface area contributed by atoms with Gasteiger partial charge in [-0.25, -0.2) is 4.79 Å². The number of aryl methyl sites for hydroxylation is 2. The molecule has 2 amide bonds. The molecule has 9 heteroatoms. The monoisotopic (exact) mass is 563 g/mol. The first-order valence-electron chi connectivity index (χ1n) is 15.5. The molecule has 1 unspecified atom stereocenters. The quantitative estimate of drug-likeness (QED) is 0.405. The molecule has 2 aliphatic heterocycles. The molecule has 1 saturated carbocycles. The summed E-state index contributed by atoms with van der Waals surface area (Å²) in [6, 6.07) is 6.50. The number of piperidine rings is 1. The minimum Gasteiger partial charge on any atom is -0.478 e. The van der Waals surface area contributed by atoms with E-state index < -0.39 is 17.6 Å². The fraction of sp³-hybridized carbons (Fsp3) is 0.625. The predicted octanol–water partition coefficient (Wildman–Crippen LogP) is 4.75. The molecule has 3 N–H and O–H groups in total. The zero-order chi connectivity index (χ0) is 29.1. The van der Waals surface area contributed by atoms with Crippen molar-refractivity contribution in [2.45, 2.75) is 103 Å². The molecule has 41 heavy (non-hydrogen) atoms. The Hall–Kier alpha value is -3.20. The van der Waals surface area contributed by atoms with Crippen molar-refractivity contribution in [3.63, 3.8) is 0 Å². The Morgan fingerprint density at radius 2 is 1.78 bits per heavy atom. The summed E-state index contributed by atoms with van der Waals surface area (Å²) in [5.41, 5.74) is 3.34. The van der Waals surface area contributed by atoms with Crippen LogP contribution in [0.3, 0.4) is 0 Å². The number of carbonyl (C=O) groups is 3. The number of nitrogens with one attached hydrogen (secondary N) is 2. The largest absolute Gasteiger partial charge is 0.478 e. The molecule has 0 radical (unpaired) electrons. The predicted molar refractivity (Wildman–Crippen MR) is 157 cm³/mol. The van der Waals surface area contributed by atoms with Gasteiger partial charge in [0.1, 0.15) is 11.6 Å². The lowest BCUT2D eigenvalue weighted by molar-refractivity contribution is -0.162. The van der Waals surface area contributed by atoms with Gasteiger partial charge in [0.2, 0.25) is 11.8 Å². The highest BCUT2D eigenvalue weighted by atomic mass is 16.4. The van der Waals surface area contributed by atoms with Crippen LogP contribution in [0.5, 0.6) is 0 Å². The van der Waals surface area contributed by atoms with E-state index in [0.717, 1.165) is 54.6 Å². The topological polar surface area (TPSA) is 119 Å². The molecule has 2 aromatic rings. The molecule has 1 aromatic heterocycles. The molecule has 9 nitrogen and oxygen atoms in total. The summed E-state index contributed by atoms with van der Waals surface area (Å²) in [5, 5.41) is 20.2. The molecule has 3 fully saturated rings. The number of likely N-dealkylation sites (tertiary alicyclic amines) is 1. The average Bonchev–Trinajstić information content (AvgIpc) is 3.31. The Bertz CT molecular complexity index is 1220. The third kappa shape index (κ3) is 5.78. The van der Waals surface area contributed by atoms with Gasteiger partial charge in [-0.15, -0.1) is 0 Å². The van der Waals surface area contributed by atoms with Crippen LogP contribution in [0.15, 0.2) is 24.3 Å². The number of aromatic amines is 1. The Morgan fingerprint density at radius 1 is 1.10 bits per heavy atom. The van der Waals surface area contributed by atoms with Gasteiger partial charge in [-0.05, 0) is 63.1 Å². The van der Waals surface area contributed by atoms with E-state index >= 15 is 0 Å². The third-order valence-corrected chi connectivity index (χ3v) is 9.76. The maximum Gasteiger partial charge on any atom is 0.335 e. The first-order chi connectivity index (χ1) is 19.7. The summed E-state index contributed by atoms with van der Waals surface area (Å²) in [4.78, 5) is 43.7. The van der Waals surface area contributed by atoms with Gasteiger partial charge in [0.05, 0.1) is 17.3 Å². The standard InChI is InChI=1S/C32H45N5O4/c1-4-5-17-37-29(38)26(20-23-9-7-6-8-10-23)33-31(41)32(37)15-18-36(19-16-32)28(27-21(2)34-35-22(27)3)24-11-13-25(14-12-24)30(39)40/h11-14,23,26,28H,4-10,15-20H2,1-3H3,(H,33,41)(H,34,35)(H,39,40)/t26-,28?/m0/s1. The van der Waals surface area contributed by atoms with Crippen molar-refractivity contribution in [3.05, 3.63) is 52.3 Å². The van der Waals surface area contributed by atoms with Crippen LogP contribution in [0.25, 0.3) is 0 Å². The van der Waals surface area contributed by atoms with Crippen LogP contribution in [0, 0.1) is 19.8 Å². The van der Waals surface area contributed by atoms with Crippen molar-refractivity contribution in [1.82, 2.24) is 25.3 Å². The normalized spacial score (nSPS) is 22.6. The molecular weight excluding hydrogens is 518 g/mol. The Labute approximate surface area is 243 Å². The molecule has 2 saturated heterocycles. The number of aromatic nitrogens is 2. The van der Waals surface area contributed by atoms with Crippen molar-refractivity contribution in [1.29, 1.82) is 0 Å².